The number of ether oxygens (including phenoxy) is 1. The highest BCUT2D eigenvalue weighted by Crippen LogP contribution is 2.26. The first-order valence-electron chi connectivity index (χ1n) is 9.48. The predicted molar refractivity (Wildman–Crippen MR) is 103 cm³/mol. The van der Waals surface area contributed by atoms with Crippen molar-refractivity contribution in [3.8, 4) is 5.75 Å². The van der Waals surface area contributed by atoms with Gasteiger partial charge in [0.05, 0.1) is 17.9 Å². The van der Waals surface area contributed by atoms with Gasteiger partial charge in [-0.25, -0.2) is 0 Å². The molecule has 0 bridgehead atoms. The van der Waals surface area contributed by atoms with Crippen LogP contribution < -0.4 is 10.1 Å². The topological polar surface area (TPSA) is 73.2 Å². The number of aryl methyl sites for hydroxylation is 2. The summed E-state index contributed by atoms with van der Waals surface area (Å²) in [6.07, 6.45) is 2.18. The van der Waals surface area contributed by atoms with Gasteiger partial charge in [0, 0.05) is 25.2 Å². The Morgan fingerprint density at radius 3 is 2.81 bits per heavy atom. The van der Waals surface area contributed by atoms with Gasteiger partial charge < -0.3 is 10.1 Å². The number of para-hydroxylation sites is 1. The van der Waals surface area contributed by atoms with Gasteiger partial charge in [-0.3, -0.25) is 14.3 Å². The number of hydrogen-bond donors (Lipinski definition) is 1. The number of amides is 1. The molecule has 0 saturated carbocycles. The minimum Gasteiger partial charge on any atom is -0.493 e. The van der Waals surface area contributed by atoms with Crippen molar-refractivity contribution in [1.82, 2.24) is 15.1 Å². The van der Waals surface area contributed by atoms with Crippen molar-refractivity contribution in [2.75, 3.05) is 13.2 Å². The molecule has 6 nitrogen and oxygen atoms in total. The Hall–Kier alpha value is -2.63. The van der Waals surface area contributed by atoms with Crippen molar-refractivity contribution < 1.29 is 14.3 Å². The average molecular weight is 369 g/mol. The summed E-state index contributed by atoms with van der Waals surface area (Å²) in [5.41, 5.74) is 3.41. The number of carbonyl (C=O) groups is 2. The lowest BCUT2D eigenvalue weighted by Gasteiger charge is -2.15. The second-order valence-corrected chi connectivity index (χ2v) is 7.19. The van der Waals surface area contributed by atoms with E-state index in [1.54, 1.807) is 11.6 Å². The lowest BCUT2D eigenvalue weighted by atomic mass is 9.97. The van der Waals surface area contributed by atoms with E-state index >= 15 is 0 Å². The van der Waals surface area contributed by atoms with Gasteiger partial charge in [-0.05, 0) is 51.2 Å². The number of nitrogens with one attached hydrogen (secondary N) is 1. The Balaban J connectivity index is 1.51. The highest BCUT2D eigenvalue weighted by Gasteiger charge is 2.19. The number of benzene rings is 1. The van der Waals surface area contributed by atoms with Crippen LogP contribution in [0.25, 0.3) is 0 Å². The lowest BCUT2D eigenvalue weighted by Crippen LogP contribution is -2.31. The number of hydrogen-bond acceptors (Lipinski definition) is 4. The van der Waals surface area contributed by atoms with Crippen molar-refractivity contribution in [2.24, 2.45) is 5.92 Å². The molecule has 1 amide bonds. The number of carbonyl (C=O) groups excluding carboxylic acids is 2. The normalized spacial score (nSPS) is 16.2. The molecule has 2 heterocycles. The quantitative estimate of drug-likeness (QED) is 0.795. The van der Waals surface area contributed by atoms with E-state index in [2.05, 4.69) is 16.5 Å². The fraction of sp³-hybridized carbons (Fsp3) is 0.476. The molecule has 0 fully saturated rings. The first-order chi connectivity index (χ1) is 13.0. The molecule has 1 atom stereocenters. The van der Waals surface area contributed by atoms with E-state index in [4.69, 9.17) is 4.74 Å². The molecule has 3 rings (SSSR count). The van der Waals surface area contributed by atoms with Crippen LogP contribution in [-0.4, -0.2) is 34.6 Å². The van der Waals surface area contributed by atoms with Crippen LogP contribution in [0.15, 0.2) is 24.3 Å². The van der Waals surface area contributed by atoms with Crippen molar-refractivity contribution in [2.45, 2.75) is 46.6 Å². The number of Topliss-reactive ketones (excluding diaryl/α,β-unsaturated/α-hetero) is 1. The van der Waals surface area contributed by atoms with Crippen LogP contribution in [-0.2, 0) is 17.8 Å². The summed E-state index contributed by atoms with van der Waals surface area (Å²) in [7, 11) is 0. The van der Waals surface area contributed by atoms with Crippen LogP contribution in [0.4, 0.5) is 0 Å². The third kappa shape index (κ3) is 4.56. The van der Waals surface area contributed by atoms with Gasteiger partial charge in [-0.1, -0.05) is 18.2 Å². The second kappa shape index (κ2) is 8.37. The van der Waals surface area contributed by atoms with Crippen LogP contribution in [0.2, 0.25) is 0 Å². The third-order valence-corrected chi connectivity index (χ3v) is 5.14. The average Bonchev–Trinajstić information content (AvgIpc) is 2.80. The number of rotatable bonds is 6. The molecule has 27 heavy (non-hydrogen) atoms. The molecule has 2 aromatic rings. The highest BCUT2D eigenvalue weighted by atomic mass is 16.5. The second-order valence-electron chi connectivity index (χ2n) is 7.19. The van der Waals surface area contributed by atoms with Gasteiger partial charge >= 0.3 is 0 Å². The van der Waals surface area contributed by atoms with Crippen LogP contribution in [0.5, 0.6) is 5.75 Å². The van der Waals surface area contributed by atoms with E-state index in [1.165, 1.54) is 5.56 Å². The molecule has 0 aliphatic carbocycles. The summed E-state index contributed by atoms with van der Waals surface area (Å²) in [5, 5.41) is 7.43. The fourth-order valence-corrected chi connectivity index (χ4v) is 3.71. The maximum atomic E-state index is 12.3. The van der Waals surface area contributed by atoms with E-state index in [0.717, 1.165) is 30.0 Å². The number of fused-ring (bicyclic) bond motifs is 1. The Labute approximate surface area is 159 Å². The minimum atomic E-state index is 0.00498. The largest absolute Gasteiger partial charge is 0.493 e. The van der Waals surface area contributed by atoms with Crippen LogP contribution >= 0.6 is 0 Å². The summed E-state index contributed by atoms with van der Waals surface area (Å²) >= 11 is 0. The Bertz CT molecular complexity index is 841. The first kappa shape index (κ1) is 19.1. The third-order valence-electron chi connectivity index (χ3n) is 5.14. The molecule has 1 aromatic carbocycles. The van der Waals surface area contributed by atoms with E-state index in [9.17, 15) is 9.59 Å². The van der Waals surface area contributed by atoms with Crippen LogP contribution in [0, 0.1) is 19.8 Å². The summed E-state index contributed by atoms with van der Waals surface area (Å²) in [4.78, 5) is 24.0. The predicted octanol–water partition coefficient (Wildman–Crippen LogP) is 2.85. The highest BCUT2D eigenvalue weighted by molar-refractivity contribution is 5.96. The zero-order valence-corrected chi connectivity index (χ0v) is 16.2. The van der Waals surface area contributed by atoms with E-state index in [-0.39, 0.29) is 11.7 Å². The van der Waals surface area contributed by atoms with Crippen molar-refractivity contribution >= 4 is 11.7 Å². The number of aromatic nitrogens is 2. The maximum absolute atomic E-state index is 12.3. The molecule has 1 aliphatic rings. The zero-order chi connectivity index (χ0) is 19.4. The molecule has 1 aliphatic heterocycles. The monoisotopic (exact) mass is 369 g/mol. The standard InChI is InChI=1S/C21H27N3O3/c1-14-21(16(3)25)15(2)24(23-14)10-8-20(26)22-13-17-9-11-27-19-7-5-4-6-18(19)12-17/h4-7,17H,8-13H2,1-3H3,(H,22,26)/t17-/m0/s1. The molecule has 1 N–H and O–H groups in total. The molecule has 1 aromatic heterocycles. The molecule has 6 heteroatoms. The van der Waals surface area contributed by atoms with Gasteiger partial charge in [0.1, 0.15) is 5.75 Å². The Morgan fingerprint density at radius 2 is 2.07 bits per heavy atom. The molecule has 0 unspecified atom stereocenters. The van der Waals surface area contributed by atoms with E-state index < -0.39 is 0 Å². The van der Waals surface area contributed by atoms with E-state index in [0.29, 0.717) is 37.6 Å². The van der Waals surface area contributed by atoms with Gasteiger partial charge in [-0.2, -0.15) is 5.10 Å². The van der Waals surface area contributed by atoms with Gasteiger partial charge in [0.25, 0.3) is 0 Å². The smallest absolute Gasteiger partial charge is 0.221 e. The van der Waals surface area contributed by atoms with E-state index in [1.807, 2.05) is 32.0 Å². The SMILES string of the molecule is CC(=O)c1c(C)nn(CCC(=O)NC[C@H]2CCOc3ccccc3C2)c1C. The summed E-state index contributed by atoms with van der Waals surface area (Å²) in [6.45, 7) is 7.04. The molecule has 0 spiro atoms. The molecule has 0 saturated heterocycles. The van der Waals surface area contributed by atoms with Crippen molar-refractivity contribution in [3.63, 3.8) is 0 Å². The molecule has 144 valence electrons. The summed E-state index contributed by atoms with van der Waals surface area (Å²) in [5.74, 6) is 1.34. The van der Waals surface area contributed by atoms with Crippen LogP contribution in [0.1, 0.15) is 47.1 Å². The Morgan fingerprint density at radius 1 is 1.30 bits per heavy atom. The summed E-state index contributed by atoms with van der Waals surface area (Å²) in [6, 6.07) is 8.09. The summed E-state index contributed by atoms with van der Waals surface area (Å²) < 4.78 is 7.54. The number of nitrogens with zero attached hydrogens (tertiary/aromatic N) is 2. The number of ketones is 1. The van der Waals surface area contributed by atoms with Gasteiger partial charge in [0.2, 0.25) is 5.91 Å². The zero-order valence-electron chi connectivity index (χ0n) is 16.2. The fourth-order valence-electron chi connectivity index (χ4n) is 3.71. The molecular formula is C21H27N3O3. The van der Waals surface area contributed by atoms with Gasteiger partial charge in [-0.15, -0.1) is 0 Å². The molecular weight excluding hydrogens is 342 g/mol. The minimum absolute atomic E-state index is 0.00498. The van der Waals surface area contributed by atoms with Crippen LogP contribution in [0.3, 0.4) is 0 Å². The van der Waals surface area contributed by atoms with Crippen molar-refractivity contribution in [3.05, 3.63) is 46.8 Å². The van der Waals surface area contributed by atoms with Crippen molar-refractivity contribution in [1.29, 1.82) is 0 Å². The first-order valence-corrected chi connectivity index (χ1v) is 9.48. The maximum Gasteiger partial charge on any atom is 0.221 e. The lowest BCUT2D eigenvalue weighted by molar-refractivity contribution is -0.121. The molecule has 0 radical (unpaired) electrons. The Kier molecular flexibility index (Phi) is 5.94. The van der Waals surface area contributed by atoms with Gasteiger partial charge in [0.15, 0.2) is 5.78 Å².